The summed E-state index contributed by atoms with van der Waals surface area (Å²) in [7, 11) is -2.20. The van der Waals surface area contributed by atoms with Crippen molar-refractivity contribution in [1.82, 2.24) is 0 Å². The molecule has 3 aromatic carbocycles. The Bertz CT molecular complexity index is 1010. The van der Waals surface area contributed by atoms with Crippen molar-refractivity contribution in [2.45, 2.75) is 17.9 Å². The van der Waals surface area contributed by atoms with Gasteiger partial charge in [-0.25, -0.2) is 8.42 Å². The fourth-order valence-electron chi connectivity index (χ4n) is 2.90. The lowest BCUT2D eigenvalue weighted by Crippen LogP contribution is -2.33. The Morgan fingerprint density at radius 2 is 1.59 bits per heavy atom. The summed E-state index contributed by atoms with van der Waals surface area (Å²) in [6.45, 7) is 1.85. The van der Waals surface area contributed by atoms with E-state index in [1.807, 2.05) is 31.2 Å². The van der Waals surface area contributed by atoms with Crippen LogP contribution >= 0.6 is 11.6 Å². The van der Waals surface area contributed by atoms with Crippen LogP contribution in [0.5, 0.6) is 5.75 Å². The summed E-state index contributed by atoms with van der Waals surface area (Å²) in [4.78, 5) is 0.231. The quantitative estimate of drug-likeness (QED) is 0.562. The van der Waals surface area contributed by atoms with Gasteiger partial charge < -0.3 is 4.74 Å². The van der Waals surface area contributed by atoms with Crippen LogP contribution < -0.4 is 9.04 Å². The molecule has 1 atom stereocenters. The van der Waals surface area contributed by atoms with E-state index < -0.39 is 16.1 Å². The van der Waals surface area contributed by atoms with Crippen LogP contribution in [0.2, 0.25) is 5.02 Å². The molecule has 0 bridgehead atoms. The van der Waals surface area contributed by atoms with Crippen LogP contribution in [0.3, 0.4) is 0 Å². The lowest BCUT2D eigenvalue weighted by Gasteiger charge is -2.31. The third-order valence-electron chi connectivity index (χ3n) is 4.31. The van der Waals surface area contributed by atoms with E-state index in [-0.39, 0.29) is 4.90 Å². The number of hydrogen-bond donors (Lipinski definition) is 0. The Morgan fingerprint density at radius 1 is 0.926 bits per heavy atom. The number of hydrogen-bond acceptors (Lipinski definition) is 3. The zero-order valence-corrected chi connectivity index (χ0v) is 16.6. The van der Waals surface area contributed by atoms with E-state index in [9.17, 15) is 8.42 Å². The third-order valence-corrected chi connectivity index (χ3v) is 6.47. The maximum absolute atomic E-state index is 13.4. The Kier molecular flexibility index (Phi) is 5.73. The first kappa shape index (κ1) is 19.3. The van der Waals surface area contributed by atoms with Crippen molar-refractivity contribution >= 4 is 27.3 Å². The van der Waals surface area contributed by atoms with Crippen molar-refractivity contribution < 1.29 is 13.2 Å². The van der Waals surface area contributed by atoms with Crippen LogP contribution in [0.1, 0.15) is 18.5 Å². The van der Waals surface area contributed by atoms with E-state index in [0.29, 0.717) is 16.5 Å². The number of halogens is 1. The van der Waals surface area contributed by atoms with Crippen molar-refractivity contribution in [2.24, 2.45) is 0 Å². The van der Waals surface area contributed by atoms with Crippen LogP contribution in [0, 0.1) is 0 Å². The van der Waals surface area contributed by atoms with Gasteiger partial charge in [-0.05, 0) is 61.0 Å². The molecule has 0 aromatic heterocycles. The molecular weight excluding hydrogens is 382 g/mol. The first-order chi connectivity index (χ1) is 12.9. The number of ether oxygens (including phenoxy) is 1. The fraction of sp³-hybridized carbons (Fsp3) is 0.143. The van der Waals surface area contributed by atoms with Gasteiger partial charge in [-0.1, -0.05) is 41.9 Å². The molecule has 0 amide bonds. The number of nitrogens with zero attached hydrogens (tertiary/aromatic N) is 1. The Balaban J connectivity index is 2.14. The molecule has 0 heterocycles. The van der Waals surface area contributed by atoms with Crippen LogP contribution in [0.25, 0.3) is 0 Å². The van der Waals surface area contributed by atoms with Crippen molar-refractivity contribution in [3.63, 3.8) is 0 Å². The maximum atomic E-state index is 13.4. The summed E-state index contributed by atoms with van der Waals surface area (Å²) < 4.78 is 33.6. The number of benzene rings is 3. The molecule has 0 N–H and O–H groups in total. The molecule has 0 radical (unpaired) electrons. The first-order valence-electron chi connectivity index (χ1n) is 8.42. The molecule has 0 aliphatic heterocycles. The number of sulfonamides is 1. The summed E-state index contributed by atoms with van der Waals surface area (Å²) in [5, 5.41) is 0.546. The second kappa shape index (κ2) is 8.03. The molecule has 0 aliphatic rings. The molecule has 0 spiro atoms. The lowest BCUT2D eigenvalue weighted by molar-refractivity contribution is 0.414. The van der Waals surface area contributed by atoms with Gasteiger partial charge in [-0.3, -0.25) is 4.31 Å². The predicted octanol–water partition coefficient (Wildman–Crippen LogP) is 5.31. The molecule has 27 heavy (non-hydrogen) atoms. The van der Waals surface area contributed by atoms with Crippen molar-refractivity contribution in [2.75, 3.05) is 11.4 Å². The SMILES string of the molecule is COc1cccc([C@@H](C)N(c2ccc(Cl)cc2)S(=O)(=O)c2ccccc2)c1. The third kappa shape index (κ3) is 4.10. The van der Waals surface area contributed by atoms with Crippen molar-refractivity contribution in [3.05, 3.63) is 89.4 Å². The largest absolute Gasteiger partial charge is 0.497 e. The predicted molar refractivity (Wildman–Crippen MR) is 109 cm³/mol. The summed E-state index contributed by atoms with van der Waals surface area (Å²) >= 11 is 6.00. The van der Waals surface area contributed by atoms with Gasteiger partial charge >= 0.3 is 0 Å². The standard InChI is InChI=1S/C21H20ClNO3S/c1-16(17-7-6-8-20(15-17)26-2)23(19-13-11-18(22)12-14-19)27(24,25)21-9-4-3-5-10-21/h3-16H,1-2H3/t16-/m1/s1. The molecule has 0 aliphatic carbocycles. The minimum Gasteiger partial charge on any atom is -0.497 e. The maximum Gasteiger partial charge on any atom is 0.264 e. The Morgan fingerprint density at radius 3 is 2.22 bits per heavy atom. The van der Waals surface area contributed by atoms with E-state index in [1.54, 1.807) is 61.7 Å². The van der Waals surface area contributed by atoms with Gasteiger partial charge in [-0.15, -0.1) is 0 Å². The molecule has 140 valence electrons. The van der Waals surface area contributed by atoms with E-state index in [1.165, 1.54) is 4.31 Å². The highest BCUT2D eigenvalue weighted by atomic mass is 35.5. The van der Waals surface area contributed by atoms with Crippen LogP contribution in [-0.4, -0.2) is 15.5 Å². The van der Waals surface area contributed by atoms with E-state index in [2.05, 4.69) is 0 Å². The molecule has 6 heteroatoms. The van der Waals surface area contributed by atoms with Crippen molar-refractivity contribution in [3.8, 4) is 5.75 Å². The smallest absolute Gasteiger partial charge is 0.264 e. The van der Waals surface area contributed by atoms with Gasteiger partial charge in [0.2, 0.25) is 0 Å². The second-order valence-electron chi connectivity index (χ2n) is 6.04. The van der Waals surface area contributed by atoms with E-state index in [0.717, 1.165) is 5.56 Å². The van der Waals surface area contributed by atoms with Crippen LogP contribution in [0.15, 0.2) is 83.8 Å². The Labute approximate surface area is 165 Å². The Hall–Kier alpha value is -2.50. The average Bonchev–Trinajstić information content (AvgIpc) is 2.70. The zero-order valence-electron chi connectivity index (χ0n) is 15.0. The monoisotopic (exact) mass is 401 g/mol. The highest BCUT2D eigenvalue weighted by Gasteiger charge is 2.30. The summed E-state index contributed by atoms with van der Waals surface area (Å²) in [5.74, 6) is 0.674. The minimum atomic E-state index is -3.78. The lowest BCUT2D eigenvalue weighted by atomic mass is 10.1. The molecule has 0 saturated carbocycles. The number of anilines is 1. The molecule has 3 rings (SSSR count). The number of methoxy groups -OCH3 is 1. The van der Waals surface area contributed by atoms with Gasteiger partial charge in [0, 0.05) is 5.02 Å². The fourth-order valence-corrected chi connectivity index (χ4v) is 4.69. The van der Waals surface area contributed by atoms with Gasteiger partial charge in [-0.2, -0.15) is 0 Å². The van der Waals surface area contributed by atoms with Gasteiger partial charge in [0.05, 0.1) is 23.7 Å². The summed E-state index contributed by atoms with van der Waals surface area (Å²) in [5.41, 5.74) is 1.36. The molecule has 0 fully saturated rings. The molecular formula is C21H20ClNO3S. The summed E-state index contributed by atoms with van der Waals surface area (Å²) in [6, 6.07) is 22.1. The minimum absolute atomic E-state index is 0.231. The highest BCUT2D eigenvalue weighted by Crippen LogP contribution is 2.34. The summed E-state index contributed by atoms with van der Waals surface area (Å²) in [6.07, 6.45) is 0. The van der Waals surface area contributed by atoms with Crippen molar-refractivity contribution in [1.29, 1.82) is 0 Å². The van der Waals surface area contributed by atoms with Gasteiger partial charge in [0.25, 0.3) is 10.0 Å². The second-order valence-corrected chi connectivity index (χ2v) is 8.29. The molecule has 4 nitrogen and oxygen atoms in total. The first-order valence-corrected chi connectivity index (χ1v) is 10.2. The molecule has 0 saturated heterocycles. The van der Waals surface area contributed by atoms with Gasteiger partial charge in [0.1, 0.15) is 5.75 Å². The highest BCUT2D eigenvalue weighted by molar-refractivity contribution is 7.92. The normalized spacial score (nSPS) is 12.4. The molecule has 0 unspecified atom stereocenters. The van der Waals surface area contributed by atoms with Crippen LogP contribution in [-0.2, 0) is 10.0 Å². The van der Waals surface area contributed by atoms with Crippen LogP contribution in [0.4, 0.5) is 5.69 Å². The topological polar surface area (TPSA) is 46.6 Å². The van der Waals surface area contributed by atoms with E-state index in [4.69, 9.17) is 16.3 Å². The van der Waals surface area contributed by atoms with Gasteiger partial charge in [0.15, 0.2) is 0 Å². The number of rotatable bonds is 6. The zero-order chi connectivity index (χ0) is 19.4. The molecule has 3 aromatic rings. The van der Waals surface area contributed by atoms with E-state index >= 15 is 0 Å². The average molecular weight is 402 g/mol.